The largest absolute Gasteiger partial charge is 0.507 e. The average Bonchev–Trinajstić information content (AvgIpc) is 3.44. The number of phenolic OH excluding ortho intramolecular Hbond substituents is 3. The number of nitrogens with one attached hydrogen (secondary N) is 2. The summed E-state index contributed by atoms with van der Waals surface area (Å²) in [6, 6.07) is 2.84. The zero-order valence-electron chi connectivity index (χ0n) is 21.9. The van der Waals surface area contributed by atoms with E-state index in [2.05, 4.69) is 10.1 Å². The molecule has 15 nitrogen and oxygen atoms in total. The number of methoxy groups -OCH3 is 1. The summed E-state index contributed by atoms with van der Waals surface area (Å²) in [5, 5.41) is 36.9. The first-order valence-corrected chi connectivity index (χ1v) is 12.5. The molecule has 7 N–H and O–H groups in total. The monoisotopic (exact) mass is 586 g/mol. The van der Waals surface area contributed by atoms with E-state index in [1.807, 2.05) is 5.43 Å². The lowest BCUT2D eigenvalue weighted by Crippen LogP contribution is -2.36. The Morgan fingerprint density at radius 1 is 1.00 bits per heavy atom. The van der Waals surface area contributed by atoms with Crippen LogP contribution in [0.25, 0.3) is 10.8 Å². The molecule has 0 aliphatic heterocycles. The van der Waals surface area contributed by atoms with E-state index >= 15 is 0 Å². The lowest BCUT2D eigenvalue weighted by molar-refractivity contribution is -0.137. The fourth-order valence-corrected chi connectivity index (χ4v) is 6.04. The Morgan fingerprint density at radius 3 is 2.28 bits per heavy atom. The fraction of sp³-hybridized carbons (Fsp3) is 0.143. The normalized spacial score (nSPS) is 18.7. The third-order valence-corrected chi connectivity index (χ3v) is 7.85. The number of primary amides is 1. The average molecular weight is 586 g/mol. The number of fused-ring (bicyclic) bond motifs is 5. The topological polar surface area (TPSA) is 256 Å². The molecule has 0 radical (unpaired) electrons. The number of pyridine rings is 1. The molecular formula is C28H18N4O11. The van der Waals surface area contributed by atoms with Gasteiger partial charge in [-0.25, -0.2) is 5.43 Å². The van der Waals surface area contributed by atoms with Gasteiger partial charge >= 0.3 is 11.8 Å². The van der Waals surface area contributed by atoms with Crippen molar-refractivity contribution in [3.05, 3.63) is 73.4 Å². The van der Waals surface area contributed by atoms with Crippen molar-refractivity contribution in [3.8, 4) is 17.2 Å². The fourth-order valence-electron chi connectivity index (χ4n) is 6.04. The number of aromatic amines is 1. The number of nitrogens with two attached hydrogens (primary N) is 1. The number of aryl methyl sites for hydroxylation is 1. The maximum atomic E-state index is 14.0. The van der Waals surface area contributed by atoms with Gasteiger partial charge in [-0.2, -0.15) is 5.10 Å². The number of Topliss-reactive ketones (excluding diaryl/α,β-unsaturated/α-hetero) is 3. The second-order valence-corrected chi connectivity index (χ2v) is 10.0. The Bertz CT molecular complexity index is 2070. The predicted octanol–water partition coefficient (Wildman–Crippen LogP) is -0.247. The van der Waals surface area contributed by atoms with Crippen LogP contribution in [0.4, 0.5) is 0 Å². The molecule has 1 aromatic heterocycles. The van der Waals surface area contributed by atoms with E-state index < -0.39 is 91.2 Å². The highest BCUT2D eigenvalue weighted by Gasteiger charge is 2.61. The van der Waals surface area contributed by atoms with Gasteiger partial charge in [0.2, 0.25) is 5.78 Å². The van der Waals surface area contributed by atoms with Crippen LogP contribution in [0.1, 0.15) is 64.7 Å². The predicted molar refractivity (Wildman–Crippen MR) is 143 cm³/mol. The van der Waals surface area contributed by atoms with Gasteiger partial charge in [-0.1, -0.05) is 6.07 Å². The number of ether oxygens (including phenoxy) is 1. The summed E-state index contributed by atoms with van der Waals surface area (Å²) in [6.07, 6.45) is 1.61. The number of aromatic nitrogens is 1. The number of H-pyrrole nitrogens is 1. The Morgan fingerprint density at radius 2 is 1.65 bits per heavy atom. The van der Waals surface area contributed by atoms with Gasteiger partial charge in [0, 0.05) is 11.6 Å². The van der Waals surface area contributed by atoms with E-state index in [4.69, 9.17) is 10.5 Å². The quantitative estimate of drug-likeness (QED) is 0.0767. The van der Waals surface area contributed by atoms with Crippen LogP contribution in [0, 0.1) is 0 Å². The van der Waals surface area contributed by atoms with Crippen LogP contribution in [0.15, 0.2) is 33.9 Å². The maximum absolute atomic E-state index is 14.0. The van der Waals surface area contributed by atoms with Gasteiger partial charge < -0.3 is 30.8 Å². The highest BCUT2D eigenvalue weighted by Crippen LogP contribution is 2.57. The van der Waals surface area contributed by atoms with E-state index in [-0.39, 0.29) is 34.9 Å². The molecule has 216 valence electrons. The van der Waals surface area contributed by atoms with Crippen LogP contribution in [-0.2, 0) is 26.2 Å². The van der Waals surface area contributed by atoms with Gasteiger partial charge in [0.1, 0.15) is 22.7 Å². The molecule has 2 amide bonds. The Kier molecular flexibility index (Phi) is 5.63. The molecule has 43 heavy (non-hydrogen) atoms. The number of hydrogen-bond donors (Lipinski definition) is 6. The van der Waals surface area contributed by atoms with Crippen molar-refractivity contribution in [2.75, 3.05) is 7.11 Å². The number of hydrogen-bond acceptors (Lipinski definition) is 12. The second kappa shape index (κ2) is 8.94. The first kappa shape index (κ1) is 27.1. The van der Waals surface area contributed by atoms with Crippen molar-refractivity contribution in [1.29, 1.82) is 0 Å². The van der Waals surface area contributed by atoms with E-state index in [1.165, 1.54) is 12.1 Å². The second-order valence-electron chi connectivity index (χ2n) is 10.0. The molecule has 1 atom stereocenters. The number of phenols is 3. The first-order chi connectivity index (χ1) is 20.3. The molecule has 0 saturated heterocycles. The van der Waals surface area contributed by atoms with Crippen LogP contribution >= 0.6 is 0 Å². The molecule has 6 rings (SSSR count). The number of benzene rings is 2. The van der Waals surface area contributed by atoms with Crippen molar-refractivity contribution >= 4 is 51.9 Å². The van der Waals surface area contributed by atoms with Crippen molar-refractivity contribution in [3.63, 3.8) is 0 Å². The molecule has 1 unspecified atom stereocenters. The molecule has 1 spiro atoms. The summed E-state index contributed by atoms with van der Waals surface area (Å²) < 4.78 is 4.89. The van der Waals surface area contributed by atoms with Crippen molar-refractivity contribution in [2.45, 2.75) is 18.3 Å². The number of carbonyl (C=O) groups excluding carboxylic acids is 6. The molecule has 0 saturated carbocycles. The van der Waals surface area contributed by atoms with Crippen LogP contribution in [0.5, 0.6) is 17.2 Å². The minimum absolute atomic E-state index is 0.0453. The zero-order valence-corrected chi connectivity index (χ0v) is 21.9. The van der Waals surface area contributed by atoms with E-state index in [1.54, 1.807) is 0 Å². The number of aromatic hydroxyl groups is 3. The summed E-state index contributed by atoms with van der Waals surface area (Å²) >= 11 is 0. The molecule has 1 heterocycles. The van der Waals surface area contributed by atoms with Gasteiger partial charge in [0.15, 0.2) is 23.1 Å². The maximum Gasteiger partial charge on any atom is 0.329 e. The number of amides is 2. The number of allylic oxidation sites excluding steroid dienone is 2. The lowest BCUT2D eigenvalue weighted by Gasteiger charge is -2.22. The van der Waals surface area contributed by atoms with Crippen molar-refractivity contribution < 1.29 is 48.8 Å². The highest BCUT2D eigenvalue weighted by molar-refractivity contribution is 6.39. The van der Waals surface area contributed by atoms with Gasteiger partial charge in [-0.05, 0) is 29.9 Å². The Hall–Kier alpha value is -6.12. The van der Waals surface area contributed by atoms with Crippen LogP contribution < -0.4 is 16.7 Å². The van der Waals surface area contributed by atoms with Crippen LogP contribution in [0.3, 0.4) is 0 Å². The van der Waals surface area contributed by atoms with Crippen molar-refractivity contribution in [2.24, 2.45) is 10.8 Å². The molecule has 0 fully saturated rings. The van der Waals surface area contributed by atoms with Crippen LogP contribution in [-0.4, -0.2) is 68.6 Å². The molecule has 15 heteroatoms. The standard InChI is InChI=1S/C28H18N4O11/c1-43-12-6-11(33)14-15(19(12)34)21(36)17-16(20(14)35)23(38)28(24(17)39)3-2-8-4-9-5-10(7-30-32-27(42)25(29)40)31-26(41)13(9)22(37)18(8)28/h4-7,35-37H,2-3H2,1H3,(H2,29,40)(H,31,41)(H,32,42). The van der Waals surface area contributed by atoms with Gasteiger partial charge in [0.05, 0.1) is 46.7 Å². The van der Waals surface area contributed by atoms with E-state index in [0.717, 1.165) is 19.4 Å². The van der Waals surface area contributed by atoms with E-state index in [9.17, 15) is 48.9 Å². The summed E-state index contributed by atoms with van der Waals surface area (Å²) in [4.78, 5) is 91.3. The van der Waals surface area contributed by atoms with Gasteiger partial charge in [-0.15, -0.1) is 0 Å². The van der Waals surface area contributed by atoms with E-state index in [0.29, 0.717) is 5.56 Å². The minimum Gasteiger partial charge on any atom is -0.507 e. The smallest absolute Gasteiger partial charge is 0.329 e. The molecule has 2 aromatic carbocycles. The first-order valence-electron chi connectivity index (χ1n) is 12.5. The summed E-state index contributed by atoms with van der Waals surface area (Å²) in [5.74, 6) is -9.59. The molecule has 0 bridgehead atoms. The number of hydrazone groups is 1. The van der Waals surface area contributed by atoms with Gasteiger partial charge in [-0.3, -0.25) is 33.6 Å². The summed E-state index contributed by atoms with van der Waals surface area (Å²) in [6.45, 7) is 0. The van der Waals surface area contributed by atoms with Gasteiger partial charge in [0.25, 0.3) is 5.56 Å². The third kappa shape index (κ3) is 3.41. The lowest BCUT2D eigenvalue weighted by atomic mass is 9.76. The SMILES string of the molecule is COC1=CC(=O)c2c(O)c3c(c(O)c2C1=O)C(=O)C1(CCc2cc4cc(C=NNC(=O)C(N)=O)[nH]c(=O)c4c(O)c21)C3=O. The molecule has 3 aromatic rings. The number of ketones is 4. The highest BCUT2D eigenvalue weighted by atomic mass is 16.5. The molecular weight excluding hydrogens is 568 g/mol. The molecule has 3 aliphatic carbocycles. The zero-order chi connectivity index (χ0) is 31.1. The van der Waals surface area contributed by atoms with Crippen LogP contribution in [0.2, 0.25) is 0 Å². The number of carbonyl (C=O) groups is 6. The molecule has 3 aliphatic rings. The van der Waals surface area contributed by atoms with Crippen molar-refractivity contribution in [1.82, 2.24) is 10.4 Å². The summed E-state index contributed by atoms with van der Waals surface area (Å²) in [7, 11) is 1.11. The Labute approximate surface area is 238 Å². The number of nitrogens with zero attached hydrogens (tertiary/aromatic N) is 1. The third-order valence-electron chi connectivity index (χ3n) is 7.85. The number of rotatable bonds is 3. The minimum atomic E-state index is -2.18. The Balaban J connectivity index is 1.52. The summed E-state index contributed by atoms with van der Waals surface area (Å²) in [5.41, 5.74) is 1.05.